The van der Waals surface area contributed by atoms with Gasteiger partial charge in [-0.25, -0.2) is 0 Å². The molecule has 0 atom stereocenters. The van der Waals surface area contributed by atoms with Crippen LogP contribution in [0.1, 0.15) is 26.2 Å². The predicted molar refractivity (Wildman–Crippen MR) is 117 cm³/mol. The first-order valence-corrected chi connectivity index (χ1v) is 10.4. The van der Waals surface area contributed by atoms with E-state index in [0.717, 1.165) is 31.9 Å². The first-order chi connectivity index (χ1) is 14.1. The van der Waals surface area contributed by atoms with Crippen molar-refractivity contribution in [1.82, 2.24) is 4.90 Å². The van der Waals surface area contributed by atoms with Gasteiger partial charge in [0.25, 0.3) is 5.69 Å². The lowest BCUT2D eigenvalue weighted by molar-refractivity contribution is -0.384. The maximum Gasteiger partial charge on any atom is 0.269 e. The molecule has 0 N–H and O–H groups in total. The molecule has 2 aromatic rings. The molecule has 154 valence electrons. The first kappa shape index (κ1) is 21.2. The van der Waals surface area contributed by atoms with Crippen LogP contribution in [-0.2, 0) is 0 Å². The lowest BCUT2D eigenvalue weighted by Gasteiger charge is -2.36. The van der Waals surface area contributed by atoms with E-state index in [9.17, 15) is 10.1 Å². The van der Waals surface area contributed by atoms with Crippen molar-refractivity contribution in [2.45, 2.75) is 26.2 Å². The molecule has 0 saturated carbocycles. The van der Waals surface area contributed by atoms with Gasteiger partial charge in [0.15, 0.2) is 0 Å². The minimum absolute atomic E-state index is 0.0295. The molecule has 1 aliphatic heterocycles. The van der Waals surface area contributed by atoms with E-state index in [2.05, 4.69) is 27.0 Å². The van der Waals surface area contributed by atoms with E-state index >= 15 is 0 Å². The highest BCUT2D eigenvalue weighted by Gasteiger charge is 2.18. The average molecular weight is 416 g/mol. The minimum atomic E-state index is -0.440. The van der Waals surface area contributed by atoms with Gasteiger partial charge < -0.3 is 4.90 Å². The van der Waals surface area contributed by atoms with Crippen LogP contribution in [0.4, 0.5) is 22.7 Å². The Morgan fingerprint density at radius 3 is 2.28 bits per heavy atom. The lowest BCUT2D eigenvalue weighted by atomic mass is 10.2. The topological polar surface area (TPSA) is 74.3 Å². The van der Waals surface area contributed by atoms with Crippen LogP contribution in [0, 0.1) is 10.1 Å². The maximum atomic E-state index is 10.7. The number of hydrogen-bond donors (Lipinski definition) is 0. The molecule has 1 heterocycles. The highest BCUT2D eigenvalue weighted by molar-refractivity contribution is 6.33. The van der Waals surface area contributed by atoms with Gasteiger partial charge in [0.05, 0.1) is 27.0 Å². The van der Waals surface area contributed by atoms with Gasteiger partial charge in [0, 0.05) is 38.3 Å². The number of rotatable bonds is 8. The summed E-state index contributed by atoms with van der Waals surface area (Å²) in [6.45, 7) is 7.46. The van der Waals surface area contributed by atoms with Crippen LogP contribution in [0.25, 0.3) is 0 Å². The molecule has 29 heavy (non-hydrogen) atoms. The number of non-ortho nitro benzene ring substituents is 1. The number of benzene rings is 2. The summed E-state index contributed by atoms with van der Waals surface area (Å²) in [6.07, 6.45) is 3.82. The van der Waals surface area contributed by atoms with Crippen LogP contribution in [-0.4, -0.2) is 42.5 Å². The van der Waals surface area contributed by atoms with Gasteiger partial charge in [-0.2, -0.15) is 10.2 Å². The number of azo groups is 1. The molecule has 2 aromatic carbocycles. The Morgan fingerprint density at radius 1 is 1.00 bits per heavy atom. The standard InChI is InChI=1S/C21H26ClN5O2/c1-2-3-4-11-25-12-14-26(15-13-25)21-10-7-18(16-20(21)22)24-23-17-5-8-19(9-6-17)27(28)29/h5-10,16H,2-4,11-15H2,1H3. The van der Waals surface area contributed by atoms with Crippen molar-refractivity contribution < 1.29 is 4.92 Å². The summed E-state index contributed by atoms with van der Waals surface area (Å²) in [5.74, 6) is 0. The van der Waals surface area contributed by atoms with Gasteiger partial charge in [-0.1, -0.05) is 31.4 Å². The fourth-order valence-electron chi connectivity index (χ4n) is 3.37. The van der Waals surface area contributed by atoms with Crippen molar-refractivity contribution in [2.24, 2.45) is 10.2 Å². The summed E-state index contributed by atoms with van der Waals surface area (Å²) in [4.78, 5) is 15.1. The summed E-state index contributed by atoms with van der Waals surface area (Å²) in [7, 11) is 0. The highest BCUT2D eigenvalue weighted by atomic mass is 35.5. The van der Waals surface area contributed by atoms with E-state index in [1.807, 2.05) is 12.1 Å². The minimum Gasteiger partial charge on any atom is -0.368 e. The predicted octanol–water partition coefficient (Wildman–Crippen LogP) is 5.98. The average Bonchev–Trinajstić information content (AvgIpc) is 2.73. The number of anilines is 1. The number of halogens is 1. The Kier molecular flexibility index (Phi) is 7.55. The van der Waals surface area contributed by atoms with Crippen molar-refractivity contribution >= 4 is 34.4 Å². The third kappa shape index (κ3) is 5.98. The fourth-order valence-corrected chi connectivity index (χ4v) is 3.66. The first-order valence-electron chi connectivity index (χ1n) is 10.00. The number of hydrogen-bond acceptors (Lipinski definition) is 6. The smallest absolute Gasteiger partial charge is 0.269 e. The third-order valence-electron chi connectivity index (χ3n) is 5.06. The Balaban J connectivity index is 1.58. The molecule has 0 bridgehead atoms. The number of nitro groups is 1. The molecule has 0 aliphatic carbocycles. The van der Waals surface area contributed by atoms with Crippen molar-refractivity contribution in [1.29, 1.82) is 0 Å². The van der Waals surface area contributed by atoms with Crippen LogP contribution >= 0.6 is 11.6 Å². The van der Waals surface area contributed by atoms with Crippen molar-refractivity contribution in [2.75, 3.05) is 37.6 Å². The number of nitro benzene ring substituents is 1. The van der Waals surface area contributed by atoms with Crippen molar-refractivity contribution in [3.8, 4) is 0 Å². The molecule has 0 amide bonds. The Labute approximate surface area is 176 Å². The van der Waals surface area contributed by atoms with E-state index in [0.29, 0.717) is 16.4 Å². The molecule has 0 aromatic heterocycles. The molecule has 0 radical (unpaired) electrons. The highest BCUT2D eigenvalue weighted by Crippen LogP contribution is 2.31. The monoisotopic (exact) mass is 415 g/mol. The quantitative estimate of drug-likeness (QED) is 0.230. The lowest BCUT2D eigenvalue weighted by Crippen LogP contribution is -2.46. The zero-order valence-corrected chi connectivity index (χ0v) is 17.4. The summed E-state index contributed by atoms with van der Waals surface area (Å²) in [6, 6.07) is 11.6. The van der Waals surface area contributed by atoms with E-state index in [-0.39, 0.29) is 5.69 Å². The molecule has 0 unspecified atom stereocenters. The Morgan fingerprint density at radius 2 is 1.66 bits per heavy atom. The number of nitrogens with zero attached hydrogens (tertiary/aromatic N) is 5. The Bertz CT molecular complexity index is 849. The molecule has 1 saturated heterocycles. The largest absolute Gasteiger partial charge is 0.368 e. The van der Waals surface area contributed by atoms with E-state index in [4.69, 9.17) is 11.6 Å². The van der Waals surface area contributed by atoms with Crippen LogP contribution in [0.2, 0.25) is 5.02 Å². The summed E-state index contributed by atoms with van der Waals surface area (Å²) >= 11 is 6.51. The Hall–Kier alpha value is -2.51. The number of unbranched alkanes of at least 4 members (excludes halogenated alkanes) is 2. The van der Waals surface area contributed by atoms with Crippen LogP contribution in [0.15, 0.2) is 52.7 Å². The zero-order valence-electron chi connectivity index (χ0n) is 16.6. The molecule has 0 spiro atoms. The number of piperazine rings is 1. The van der Waals surface area contributed by atoms with Crippen LogP contribution in [0.3, 0.4) is 0 Å². The molecular formula is C21H26ClN5O2. The molecule has 1 fully saturated rings. The van der Waals surface area contributed by atoms with E-state index in [1.165, 1.54) is 37.9 Å². The zero-order chi connectivity index (χ0) is 20.6. The van der Waals surface area contributed by atoms with Crippen molar-refractivity contribution in [3.63, 3.8) is 0 Å². The molecule has 8 heteroatoms. The van der Waals surface area contributed by atoms with Gasteiger partial charge in [0.1, 0.15) is 0 Å². The van der Waals surface area contributed by atoms with Gasteiger partial charge >= 0.3 is 0 Å². The van der Waals surface area contributed by atoms with E-state index in [1.54, 1.807) is 18.2 Å². The second-order valence-corrected chi connectivity index (χ2v) is 7.55. The summed E-state index contributed by atoms with van der Waals surface area (Å²) in [5, 5.41) is 19.7. The molecular weight excluding hydrogens is 390 g/mol. The van der Waals surface area contributed by atoms with Gasteiger partial charge in [-0.3, -0.25) is 15.0 Å². The van der Waals surface area contributed by atoms with Crippen LogP contribution < -0.4 is 4.90 Å². The third-order valence-corrected chi connectivity index (χ3v) is 5.37. The molecule has 1 aliphatic rings. The summed E-state index contributed by atoms with van der Waals surface area (Å²) < 4.78 is 0. The normalized spacial score (nSPS) is 15.2. The van der Waals surface area contributed by atoms with Gasteiger partial charge in [0.2, 0.25) is 0 Å². The van der Waals surface area contributed by atoms with Crippen LogP contribution in [0.5, 0.6) is 0 Å². The fraction of sp³-hybridized carbons (Fsp3) is 0.429. The molecule has 7 nitrogen and oxygen atoms in total. The maximum absolute atomic E-state index is 10.7. The second kappa shape index (κ2) is 10.3. The summed E-state index contributed by atoms with van der Waals surface area (Å²) in [5.41, 5.74) is 2.25. The van der Waals surface area contributed by atoms with Gasteiger partial charge in [-0.15, -0.1) is 0 Å². The second-order valence-electron chi connectivity index (χ2n) is 7.15. The van der Waals surface area contributed by atoms with E-state index < -0.39 is 4.92 Å². The van der Waals surface area contributed by atoms with Gasteiger partial charge in [-0.05, 0) is 43.3 Å². The SMILES string of the molecule is CCCCCN1CCN(c2ccc(N=Nc3ccc([N+](=O)[O-])cc3)cc2Cl)CC1. The molecule has 3 rings (SSSR count). The van der Waals surface area contributed by atoms with Crippen molar-refractivity contribution in [3.05, 3.63) is 57.6 Å².